The van der Waals surface area contributed by atoms with Gasteiger partial charge in [0, 0.05) is 57.4 Å². The number of nitrogens with two attached hydrogens (primary N) is 1. The second kappa shape index (κ2) is 11.7. The number of rotatable bonds is 3. The predicted octanol–water partition coefficient (Wildman–Crippen LogP) is 2.12. The van der Waals surface area contributed by atoms with Crippen LogP contribution in [0.15, 0.2) is 36.4 Å². The molecule has 4 N–H and O–H groups in total. The summed E-state index contributed by atoms with van der Waals surface area (Å²) in [6.07, 6.45) is 4.60. The summed E-state index contributed by atoms with van der Waals surface area (Å²) in [5.74, 6) is -1.08. The van der Waals surface area contributed by atoms with E-state index < -0.39 is 16.4 Å². The fourth-order valence-electron chi connectivity index (χ4n) is 6.28. The normalized spacial score (nSPS) is 22.7. The van der Waals surface area contributed by atoms with Crippen molar-refractivity contribution in [3.63, 3.8) is 0 Å². The number of aromatic hydroxyl groups is 2. The molecule has 4 saturated heterocycles. The molecule has 0 spiro atoms. The van der Waals surface area contributed by atoms with Crippen LogP contribution in [-0.4, -0.2) is 111 Å². The number of para-hydroxylation sites is 2. The lowest BCUT2D eigenvalue weighted by Gasteiger charge is -2.37. The van der Waals surface area contributed by atoms with Gasteiger partial charge in [-0.2, -0.15) is 0 Å². The van der Waals surface area contributed by atoms with Crippen LogP contribution in [0.5, 0.6) is 11.5 Å². The number of nitro benzene ring substituents is 1. The number of piperazine rings is 2. The first kappa shape index (κ1) is 27.7. The van der Waals surface area contributed by atoms with E-state index in [4.69, 9.17) is 5.73 Å². The Bertz CT molecular complexity index is 1290. The minimum Gasteiger partial charge on any atom is -0.505 e. The van der Waals surface area contributed by atoms with Gasteiger partial charge in [-0.3, -0.25) is 29.5 Å². The lowest BCUT2D eigenvalue weighted by molar-refractivity contribution is -0.385. The Labute approximate surface area is 232 Å². The molecular weight excluding hydrogens is 516 g/mol. The van der Waals surface area contributed by atoms with Crippen molar-refractivity contribution in [2.24, 2.45) is 0 Å². The van der Waals surface area contributed by atoms with E-state index in [2.05, 4.69) is 9.80 Å². The summed E-state index contributed by atoms with van der Waals surface area (Å²) in [7, 11) is 0. The van der Waals surface area contributed by atoms with Crippen LogP contribution in [-0.2, 0) is 0 Å². The minimum atomic E-state index is -0.680. The maximum absolute atomic E-state index is 12.5. The summed E-state index contributed by atoms with van der Waals surface area (Å²) >= 11 is 0. The molecule has 6 rings (SSSR count). The number of nitrogen functional groups attached to an aromatic ring is 1. The number of carbonyl (C=O) groups excluding carboxylic acids is 2. The minimum absolute atomic E-state index is 0.00986. The van der Waals surface area contributed by atoms with E-state index in [1.807, 2.05) is 4.90 Å². The maximum atomic E-state index is 12.5. The fourth-order valence-corrected chi connectivity index (χ4v) is 6.28. The largest absolute Gasteiger partial charge is 0.505 e. The van der Waals surface area contributed by atoms with Crippen LogP contribution in [0, 0.1) is 10.1 Å². The molecule has 0 aromatic heterocycles. The zero-order valence-electron chi connectivity index (χ0n) is 22.4. The monoisotopic (exact) mass is 552 g/mol. The molecular formula is C28H36N6O6. The average Bonchev–Trinajstić information content (AvgIpc) is 3.63. The van der Waals surface area contributed by atoms with E-state index in [0.717, 1.165) is 58.5 Å². The van der Waals surface area contributed by atoms with E-state index in [1.165, 1.54) is 24.6 Å². The van der Waals surface area contributed by atoms with E-state index in [1.54, 1.807) is 23.1 Å². The molecule has 0 bridgehead atoms. The van der Waals surface area contributed by atoms with Gasteiger partial charge in [-0.05, 0) is 57.0 Å². The zero-order valence-corrected chi connectivity index (χ0v) is 22.4. The quantitative estimate of drug-likeness (QED) is 0.225. The lowest BCUT2D eigenvalue weighted by Crippen LogP contribution is -2.52. The fraction of sp³-hybridized carbons (Fsp3) is 0.500. The molecule has 0 radical (unpaired) electrons. The van der Waals surface area contributed by atoms with Crippen molar-refractivity contribution in [1.29, 1.82) is 0 Å². The Kier molecular flexibility index (Phi) is 8.08. The molecule has 2 amide bonds. The molecule has 0 aliphatic carbocycles. The van der Waals surface area contributed by atoms with Crippen LogP contribution < -0.4 is 5.73 Å². The van der Waals surface area contributed by atoms with E-state index in [0.29, 0.717) is 30.7 Å². The number of hydrogen-bond donors (Lipinski definition) is 3. The standard InChI is InChI=1S/C14H17N3O4.C14H19N3O2/c18-13-11(4-1-5-12(13)17(20)21)14(19)16-8-7-15-6-2-3-10(15)9-16;15-12-5-1-4-11(13(12)18)14(19)17-8-7-16-6-2-3-10(16)9-17/h1,4-5,10,18H,2-3,6-9H2;1,4-5,10,18H,2-3,6-9,15H2/t2*10-/m11/s1. The van der Waals surface area contributed by atoms with Crippen LogP contribution in [0.3, 0.4) is 0 Å². The highest BCUT2D eigenvalue weighted by molar-refractivity contribution is 5.99. The third-order valence-corrected chi connectivity index (χ3v) is 8.49. The number of anilines is 1. The second-order valence-electron chi connectivity index (χ2n) is 10.8. The van der Waals surface area contributed by atoms with Gasteiger partial charge in [-0.25, -0.2) is 0 Å². The summed E-state index contributed by atoms with van der Waals surface area (Å²) in [4.78, 5) is 43.5. The summed E-state index contributed by atoms with van der Waals surface area (Å²) in [5, 5.41) is 30.7. The number of phenols is 2. The summed E-state index contributed by atoms with van der Waals surface area (Å²) in [6, 6.07) is 9.86. The Morgan fingerprint density at radius 3 is 1.80 bits per heavy atom. The number of amides is 2. The van der Waals surface area contributed by atoms with Crippen LogP contribution in [0.1, 0.15) is 46.4 Å². The van der Waals surface area contributed by atoms with Crippen molar-refractivity contribution in [2.75, 3.05) is 58.1 Å². The molecule has 2 aromatic rings. The van der Waals surface area contributed by atoms with Gasteiger partial charge in [0.1, 0.15) is 0 Å². The van der Waals surface area contributed by atoms with Crippen molar-refractivity contribution in [1.82, 2.24) is 19.6 Å². The van der Waals surface area contributed by atoms with Crippen molar-refractivity contribution < 1.29 is 24.7 Å². The molecule has 0 saturated carbocycles. The summed E-state index contributed by atoms with van der Waals surface area (Å²) < 4.78 is 0. The molecule has 2 aromatic carbocycles. The Morgan fingerprint density at radius 2 is 1.27 bits per heavy atom. The molecule has 40 heavy (non-hydrogen) atoms. The first-order valence-corrected chi connectivity index (χ1v) is 13.8. The zero-order chi connectivity index (χ0) is 28.4. The van der Waals surface area contributed by atoms with Crippen LogP contribution in [0.2, 0.25) is 0 Å². The van der Waals surface area contributed by atoms with Gasteiger partial charge < -0.3 is 25.7 Å². The summed E-state index contributed by atoms with van der Waals surface area (Å²) in [6.45, 7) is 6.69. The third kappa shape index (κ3) is 5.54. The Balaban J connectivity index is 0.000000162. The molecule has 0 unspecified atom stereocenters. The molecule has 2 atom stereocenters. The Morgan fingerprint density at radius 1 is 0.775 bits per heavy atom. The number of phenolic OH excluding ortho intramolecular Hbond substituents is 2. The number of nitrogens with zero attached hydrogens (tertiary/aromatic N) is 5. The molecule has 4 fully saturated rings. The van der Waals surface area contributed by atoms with Gasteiger partial charge in [0.2, 0.25) is 5.75 Å². The van der Waals surface area contributed by atoms with Crippen molar-refractivity contribution in [3.8, 4) is 11.5 Å². The van der Waals surface area contributed by atoms with Gasteiger partial charge in [0.25, 0.3) is 11.8 Å². The van der Waals surface area contributed by atoms with Gasteiger partial charge in [0.05, 0.1) is 21.7 Å². The molecule has 12 nitrogen and oxygen atoms in total. The molecule has 12 heteroatoms. The van der Waals surface area contributed by atoms with E-state index >= 15 is 0 Å². The number of nitro groups is 1. The van der Waals surface area contributed by atoms with Crippen LogP contribution in [0.25, 0.3) is 0 Å². The van der Waals surface area contributed by atoms with Gasteiger partial charge >= 0.3 is 5.69 Å². The van der Waals surface area contributed by atoms with Crippen LogP contribution >= 0.6 is 0 Å². The number of carbonyl (C=O) groups is 2. The molecule has 4 aliphatic heterocycles. The van der Waals surface area contributed by atoms with Crippen molar-refractivity contribution in [2.45, 2.75) is 37.8 Å². The number of fused-ring (bicyclic) bond motifs is 2. The summed E-state index contributed by atoms with van der Waals surface area (Å²) in [5.41, 5.74) is 5.79. The molecule has 214 valence electrons. The number of hydrogen-bond acceptors (Lipinski definition) is 9. The SMILES string of the molecule is Nc1cccc(C(=O)N2CCN3CCC[C@@H]3C2)c1O.O=C(c1cccc([N+](=O)[O-])c1O)N1CCN2CCC[C@@H]2C1. The van der Waals surface area contributed by atoms with Gasteiger partial charge in [0.15, 0.2) is 5.75 Å². The Hall–Kier alpha value is -3.90. The molecule has 4 aliphatic rings. The van der Waals surface area contributed by atoms with Crippen molar-refractivity contribution >= 4 is 23.2 Å². The topological polar surface area (TPSA) is 157 Å². The van der Waals surface area contributed by atoms with E-state index in [9.17, 15) is 29.9 Å². The highest BCUT2D eigenvalue weighted by atomic mass is 16.6. The maximum Gasteiger partial charge on any atom is 0.311 e. The highest BCUT2D eigenvalue weighted by Crippen LogP contribution is 2.32. The lowest BCUT2D eigenvalue weighted by atomic mass is 10.1. The van der Waals surface area contributed by atoms with Crippen molar-refractivity contribution in [3.05, 3.63) is 57.6 Å². The molecule has 4 heterocycles. The van der Waals surface area contributed by atoms with Gasteiger partial charge in [-0.15, -0.1) is 0 Å². The second-order valence-corrected chi connectivity index (χ2v) is 10.8. The first-order valence-electron chi connectivity index (χ1n) is 13.8. The van der Waals surface area contributed by atoms with Crippen LogP contribution in [0.4, 0.5) is 11.4 Å². The van der Waals surface area contributed by atoms with E-state index in [-0.39, 0.29) is 28.8 Å². The highest BCUT2D eigenvalue weighted by Gasteiger charge is 2.35. The predicted molar refractivity (Wildman–Crippen MR) is 148 cm³/mol. The first-order chi connectivity index (χ1) is 19.2. The smallest absolute Gasteiger partial charge is 0.311 e. The average molecular weight is 553 g/mol. The third-order valence-electron chi connectivity index (χ3n) is 8.49. The number of benzene rings is 2. The van der Waals surface area contributed by atoms with Gasteiger partial charge in [-0.1, -0.05) is 12.1 Å².